The minimum Gasteiger partial charge on any atom is -0.623 e. The van der Waals surface area contributed by atoms with Crippen LogP contribution in [0.25, 0.3) is 0 Å². The molecule has 0 saturated heterocycles. The van der Waals surface area contributed by atoms with E-state index in [0.29, 0.717) is 18.8 Å². The summed E-state index contributed by atoms with van der Waals surface area (Å²) in [5.74, 6) is 0. The van der Waals surface area contributed by atoms with Gasteiger partial charge in [0.15, 0.2) is 5.54 Å². The van der Waals surface area contributed by atoms with Crippen molar-refractivity contribution < 1.29 is 4.74 Å². The summed E-state index contributed by atoms with van der Waals surface area (Å²) in [6, 6.07) is 0. The first-order valence-electron chi connectivity index (χ1n) is 10.8. The van der Waals surface area contributed by atoms with Crippen molar-refractivity contribution >= 4 is 6.21 Å². The van der Waals surface area contributed by atoms with Crippen molar-refractivity contribution in [3.63, 3.8) is 0 Å². The van der Waals surface area contributed by atoms with Gasteiger partial charge in [0.2, 0.25) is 6.21 Å². The Morgan fingerprint density at radius 2 is 1.16 bits per heavy atom. The molecule has 7 heteroatoms. The van der Waals surface area contributed by atoms with Crippen LogP contribution in [-0.2, 0) is 13.1 Å². The highest BCUT2D eigenvalue weighted by Crippen LogP contribution is 2.22. The lowest BCUT2D eigenvalue weighted by molar-refractivity contribution is -0.530. The molecule has 7 nitrogen and oxygen atoms in total. The largest absolute Gasteiger partial charge is 0.623 e. The lowest BCUT2D eigenvalue weighted by atomic mass is 10.0. The fraction of sp³-hybridized carbons (Fsp3) is 0.625. The third kappa shape index (κ3) is 6.29. The van der Waals surface area contributed by atoms with Gasteiger partial charge in [-0.25, -0.2) is 9.72 Å². The van der Waals surface area contributed by atoms with Crippen molar-refractivity contribution in [3.8, 4) is 0 Å². The predicted octanol–water partition coefficient (Wildman–Crippen LogP) is 4.34. The van der Waals surface area contributed by atoms with Gasteiger partial charge in [0, 0.05) is 39.4 Å². The number of hydrogen-bond donors (Lipinski definition) is 0. The van der Waals surface area contributed by atoms with Crippen LogP contribution in [0, 0.1) is 39.8 Å². The van der Waals surface area contributed by atoms with Crippen molar-refractivity contribution in [1.29, 1.82) is 0 Å². The van der Waals surface area contributed by atoms with E-state index in [1.54, 1.807) is 6.21 Å². The van der Waals surface area contributed by atoms with E-state index in [2.05, 4.69) is 35.6 Å². The highest BCUT2D eigenvalue weighted by molar-refractivity contribution is 5.74. The third-order valence-corrected chi connectivity index (χ3v) is 5.49. The van der Waals surface area contributed by atoms with Gasteiger partial charge in [-0.3, -0.25) is 19.9 Å². The second kappa shape index (κ2) is 8.99. The molecule has 0 atom stereocenters. The summed E-state index contributed by atoms with van der Waals surface area (Å²) < 4.78 is 0.943. The summed E-state index contributed by atoms with van der Waals surface area (Å²) >= 11 is 0. The Hall–Kier alpha value is -2.41. The lowest BCUT2D eigenvalue weighted by Gasteiger charge is -2.35. The van der Waals surface area contributed by atoms with E-state index in [4.69, 9.17) is 9.97 Å². The highest BCUT2D eigenvalue weighted by atomic mass is 16.5. The van der Waals surface area contributed by atoms with Gasteiger partial charge in [0.25, 0.3) is 0 Å². The molecule has 31 heavy (non-hydrogen) atoms. The van der Waals surface area contributed by atoms with Gasteiger partial charge in [-0.1, -0.05) is 0 Å². The zero-order valence-electron chi connectivity index (χ0n) is 21.1. The van der Waals surface area contributed by atoms with E-state index in [0.717, 1.165) is 44.6 Å². The molecule has 0 N–H and O–H groups in total. The summed E-state index contributed by atoms with van der Waals surface area (Å²) in [4.78, 5) is 21.3. The third-order valence-electron chi connectivity index (χ3n) is 5.49. The van der Waals surface area contributed by atoms with Crippen molar-refractivity contribution in [1.82, 2.24) is 24.8 Å². The summed E-state index contributed by atoms with van der Waals surface area (Å²) in [6.45, 7) is 23.3. The van der Waals surface area contributed by atoms with E-state index >= 15 is 0 Å². The van der Waals surface area contributed by atoms with Crippen molar-refractivity contribution in [2.24, 2.45) is 0 Å². The Labute approximate surface area is 187 Å². The first-order valence-corrected chi connectivity index (χ1v) is 10.8. The van der Waals surface area contributed by atoms with Crippen LogP contribution in [0.3, 0.4) is 0 Å². The SMILES string of the molecule is Cc1nc(C)c(CN(Cc2nc(/C=[N+](/[O-])C(C)(C)C)c(C)nc2C)C(C)(C)C)nc1C. The molecule has 0 bridgehead atoms. The molecule has 0 spiro atoms. The Bertz CT molecular complexity index is 983. The van der Waals surface area contributed by atoms with Crippen molar-refractivity contribution in [2.45, 2.75) is 100 Å². The maximum absolute atomic E-state index is 12.5. The van der Waals surface area contributed by atoms with Crippen LogP contribution in [0.4, 0.5) is 0 Å². The summed E-state index contributed by atoms with van der Waals surface area (Å²) in [5.41, 5.74) is 6.29. The van der Waals surface area contributed by atoms with E-state index in [1.165, 1.54) is 0 Å². The van der Waals surface area contributed by atoms with Crippen LogP contribution in [0.2, 0.25) is 0 Å². The zero-order chi connectivity index (χ0) is 23.7. The molecule has 0 fully saturated rings. The fourth-order valence-electron chi connectivity index (χ4n) is 3.06. The maximum Gasteiger partial charge on any atom is 0.202 e. The van der Waals surface area contributed by atoms with Gasteiger partial charge in [-0.05, 0) is 55.4 Å². The molecule has 0 amide bonds. The van der Waals surface area contributed by atoms with Gasteiger partial charge in [-0.15, -0.1) is 0 Å². The van der Waals surface area contributed by atoms with Gasteiger partial charge >= 0.3 is 0 Å². The van der Waals surface area contributed by atoms with Crippen LogP contribution in [0.15, 0.2) is 0 Å². The first kappa shape index (κ1) is 24.9. The molecule has 0 unspecified atom stereocenters. The summed E-state index contributed by atoms with van der Waals surface area (Å²) in [7, 11) is 0. The van der Waals surface area contributed by atoms with Crippen LogP contribution >= 0.6 is 0 Å². The second-order valence-electron chi connectivity index (χ2n) is 10.3. The van der Waals surface area contributed by atoms with E-state index in [-0.39, 0.29) is 5.54 Å². The zero-order valence-corrected chi connectivity index (χ0v) is 21.1. The molecule has 0 saturated carbocycles. The molecule has 0 aliphatic heterocycles. The van der Waals surface area contributed by atoms with Crippen LogP contribution in [0.5, 0.6) is 0 Å². The highest BCUT2D eigenvalue weighted by Gasteiger charge is 2.26. The Morgan fingerprint density at radius 3 is 1.65 bits per heavy atom. The quantitative estimate of drug-likeness (QED) is 0.306. The normalized spacial score (nSPS) is 13.2. The topological polar surface area (TPSA) is 80.9 Å². The summed E-state index contributed by atoms with van der Waals surface area (Å²) in [6.07, 6.45) is 1.55. The van der Waals surface area contributed by atoms with E-state index < -0.39 is 5.54 Å². The lowest BCUT2D eigenvalue weighted by Crippen LogP contribution is -2.41. The van der Waals surface area contributed by atoms with Crippen molar-refractivity contribution in [3.05, 3.63) is 50.8 Å². The molecule has 2 heterocycles. The number of hydroxylamine groups is 1. The van der Waals surface area contributed by atoms with Gasteiger partial charge < -0.3 is 5.21 Å². The average Bonchev–Trinajstić information content (AvgIpc) is 2.60. The van der Waals surface area contributed by atoms with Gasteiger partial charge in [0.05, 0.1) is 39.9 Å². The Morgan fingerprint density at radius 1 is 0.710 bits per heavy atom. The molecular weight excluding hydrogens is 388 g/mol. The molecule has 0 aromatic carbocycles. The first-order chi connectivity index (χ1) is 14.1. The molecular formula is C24H38N6O. The number of aryl methyl sites for hydroxylation is 5. The van der Waals surface area contributed by atoms with Gasteiger partial charge in [0.1, 0.15) is 5.69 Å². The van der Waals surface area contributed by atoms with Crippen LogP contribution < -0.4 is 0 Å². The maximum atomic E-state index is 12.5. The number of rotatable bonds is 5. The molecule has 0 radical (unpaired) electrons. The minimum atomic E-state index is -0.532. The van der Waals surface area contributed by atoms with E-state index in [9.17, 15) is 5.21 Å². The molecule has 2 aromatic rings. The molecule has 0 aliphatic rings. The second-order valence-corrected chi connectivity index (χ2v) is 10.3. The number of hydrogen-bond acceptors (Lipinski definition) is 6. The number of aromatic nitrogens is 4. The Kier molecular flexibility index (Phi) is 7.21. The van der Waals surface area contributed by atoms with E-state index in [1.807, 2.05) is 55.4 Å². The number of nitrogens with zero attached hydrogens (tertiary/aromatic N) is 6. The fourth-order valence-corrected chi connectivity index (χ4v) is 3.06. The monoisotopic (exact) mass is 426 g/mol. The summed E-state index contributed by atoms with van der Waals surface area (Å²) in [5, 5.41) is 12.5. The van der Waals surface area contributed by atoms with Crippen molar-refractivity contribution in [2.75, 3.05) is 0 Å². The van der Waals surface area contributed by atoms with Crippen LogP contribution in [0.1, 0.15) is 87.1 Å². The Balaban J connectivity index is 2.44. The average molecular weight is 427 g/mol. The standard InChI is InChI=1S/C24H38N6O/c1-15-16(2)27-20(17(3)25-15)12-29(23(6,7)8)13-21-18(4)26-19(5)22(28-21)14-30(31)24(9,10)11/h14H,12-13H2,1-11H3/b30-14+. The molecule has 2 rings (SSSR count). The molecule has 170 valence electrons. The minimum absolute atomic E-state index is 0.119. The smallest absolute Gasteiger partial charge is 0.202 e. The predicted molar refractivity (Wildman–Crippen MR) is 125 cm³/mol. The molecule has 0 aliphatic carbocycles. The van der Waals surface area contributed by atoms with Gasteiger partial charge in [-0.2, -0.15) is 0 Å². The molecule has 2 aromatic heterocycles. The van der Waals surface area contributed by atoms with Crippen LogP contribution in [-0.4, -0.2) is 46.9 Å².